The van der Waals surface area contributed by atoms with Gasteiger partial charge in [0, 0.05) is 25.4 Å². The molecule has 0 amide bonds. The Kier molecular flexibility index (Phi) is 3.82. The summed E-state index contributed by atoms with van der Waals surface area (Å²) in [5.74, 6) is 0.749. The third-order valence-corrected chi connectivity index (χ3v) is 3.52. The van der Waals surface area contributed by atoms with Crippen LogP contribution in [0.3, 0.4) is 0 Å². The molecule has 2 aromatic rings. The smallest absolute Gasteiger partial charge is 0.137 e. The van der Waals surface area contributed by atoms with E-state index in [-0.39, 0.29) is 0 Å². The predicted molar refractivity (Wildman–Crippen MR) is 72.5 cm³/mol. The Morgan fingerprint density at radius 1 is 1.33 bits per heavy atom. The van der Waals surface area contributed by atoms with Crippen LogP contribution in [0.5, 0.6) is 0 Å². The summed E-state index contributed by atoms with van der Waals surface area (Å²) in [7, 11) is 0. The minimum atomic E-state index is -0.541. The van der Waals surface area contributed by atoms with Gasteiger partial charge < -0.3 is 9.67 Å². The number of imidazole rings is 1. The van der Waals surface area contributed by atoms with Crippen LogP contribution >= 0.6 is 0 Å². The van der Waals surface area contributed by atoms with Gasteiger partial charge in [-0.15, -0.1) is 0 Å². The summed E-state index contributed by atoms with van der Waals surface area (Å²) in [5.41, 5.74) is 3.71. The molecule has 1 unspecified atom stereocenters. The summed E-state index contributed by atoms with van der Waals surface area (Å²) in [6.07, 6.45) is 3.72. The molecule has 1 N–H and O–H groups in total. The second kappa shape index (κ2) is 5.36. The number of hydrogen-bond donors (Lipinski definition) is 1. The molecular formula is C15H20N2O. The van der Waals surface area contributed by atoms with Crippen molar-refractivity contribution < 1.29 is 5.11 Å². The Labute approximate surface area is 108 Å². The minimum Gasteiger partial charge on any atom is -0.385 e. The van der Waals surface area contributed by atoms with Gasteiger partial charge in [-0.1, -0.05) is 18.2 Å². The van der Waals surface area contributed by atoms with Gasteiger partial charge in [0.1, 0.15) is 11.9 Å². The lowest BCUT2D eigenvalue weighted by atomic mass is 9.98. The molecule has 0 saturated heterocycles. The fourth-order valence-corrected chi connectivity index (χ4v) is 2.22. The SMILES string of the molecule is CCn1ccnc1C(O)Cc1cccc(C)c1C. The van der Waals surface area contributed by atoms with Crippen LogP contribution in [0.4, 0.5) is 0 Å². The molecule has 3 heteroatoms. The average molecular weight is 244 g/mol. The molecule has 3 nitrogen and oxygen atoms in total. The van der Waals surface area contributed by atoms with E-state index in [1.165, 1.54) is 16.7 Å². The number of nitrogens with zero attached hydrogens (tertiary/aromatic N) is 2. The molecule has 1 aromatic carbocycles. The van der Waals surface area contributed by atoms with Crippen molar-refractivity contribution in [1.29, 1.82) is 0 Å². The highest BCUT2D eigenvalue weighted by atomic mass is 16.3. The molecule has 1 heterocycles. The lowest BCUT2D eigenvalue weighted by Crippen LogP contribution is -2.10. The summed E-state index contributed by atoms with van der Waals surface area (Å²) in [6.45, 7) is 7.08. The maximum absolute atomic E-state index is 10.3. The monoisotopic (exact) mass is 244 g/mol. The van der Waals surface area contributed by atoms with Crippen molar-refractivity contribution >= 4 is 0 Å². The molecule has 0 fully saturated rings. The fourth-order valence-electron chi connectivity index (χ4n) is 2.22. The van der Waals surface area contributed by atoms with Gasteiger partial charge in [-0.2, -0.15) is 0 Å². The number of benzene rings is 1. The Balaban J connectivity index is 2.21. The van der Waals surface area contributed by atoms with E-state index in [1.54, 1.807) is 6.20 Å². The quantitative estimate of drug-likeness (QED) is 0.898. The molecule has 0 bridgehead atoms. The zero-order chi connectivity index (χ0) is 13.1. The number of aromatic nitrogens is 2. The normalized spacial score (nSPS) is 12.7. The van der Waals surface area contributed by atoms with Crippen molar-refractivity contribution in [2.75, 3.05) is 0 Å². The highest BCUT2D eigenvalue weighted by Gasteiger charge is 2.15. The van der Waals surface area contributed by atoms with Crippen LogP contribution in [0.25, 0.3) is 0 Å². The first-order chi connectivity index (χ1) is 8.63. The summed E-state index contributed by atoms with van der Waals surface area (Å²) < 4.78 is 1.98. The highest BCUT2D eigenvalue weighted by molar-refractivity contribution is 5.33. The minimum absolute atomic E-state index is 0.541. The number of hydrogen-bond acceptors (Lipinski definition) is 2. The van der Waals surface area contributed by atoms with E-state index in [9.17, 15) is 5.11 Å². The van der Waals surface area contributed by atoms with E-state index in [4.69, 9.17) is 0 Å². The maximum atomic E-state index is 10.3. The summed E-state index contributed by atoms with van der Waals surface area (Å²) in [5, 5.41) is 10.3. The summed E-state index contributed by atoms with van der Waals surface area (Å²) >= 11 is 0. The van der Waals surface area contributed by atoms with Crippen LogP contribution in [0.2, 0.25) is 0 Å². The van der Waals surface area contributed by atoms with Crippen LogP contribution in [-0.2, 0) is 13.0 Å². The van der Waals surface area contributed by atoms with Crippen LogP contribution in [0.15, 0.2) is 30.6 Å². The lowest BCUT2D eigenvalue weighted by molar-refractivity contribution is 0.163. The van der Waals surface area contributed by atoms with Crippen molar-refractivity contribution in [2.24, 2.45) is 0 Å². The third kappa shape index (κ3) is 2.46. The van der Waals surface area contributed by atoms with Crippen LogP contribution in [0, 0.1) is 13.8 Å². The van der Waals surface area contributed by atoms with E-state index in [0.29, 0.717) is 6.42 Å². The Bertz CT molecular complexity index is 531. The van der Waals surface area contributed by atoms with E-state index in [2.05, 4.69) is 37.9 Å². The molecule has 0 aliphatic rings. The lowest BCUT2D eigenvalue weighted by Gasteiger charge is -2.14. The first-order valence-electron chi connectivity index (χ1n) is 6.37. The summed E-state index contributed by atoms with van der Waals surface area (Å²) in [6, 6.07) is 6.21. The molecule has 2 rings (SSSR count). The molecule has 0 aliphatic heterocycles. The van der Waals surface area contributed by atoms with Gasteiger partial charge in [0.15, 0.2) is 0 Å². The maximum Gasteiger partial charge on any atom is 0.137 e. The number of rotatable bonds is 4. The van der Waals surface area contributed by atoms with Gasteiger partial charge in [-0.3, -0.25) is 0 Å². The molecule has 0 saturated carbocycles. The molecular weight excluding hydrogens is 224 g/mol. The summed E-state index contributed by atoms with van der Waals surface area (Å²) in [4.78, 5) is 4.25. The van der Waals surface area contributed by atoms with Gasteiger partial charge in [-0.25, -0.2) is 4.98 Å². The Hall–Kier alpha value is -1.61. The van der Waals surface area contributed by atoms with E-state index >= 15 is 0 Å². The first-order valence-corrected chi connectivity index (χ1v) is 6.37. The number of aliphatic hydroxyl groups is 1. The Morgan fingerprint density at radius 2 is 2.11 bits per heavy atom. The van der Waals surface area contributed by atoms with Crippen molar-refractivity contribution in [3.63, 3.8) is 0 Å². The second-order valence-corrected chi connectivity index (χ2v) is 4.65. The first kappa shape index (κ1) is 12.8. The zero-order valence-corrected chi connectivity index (χ0v) is 11.2. The van der Waals surface area contributed by atoms with Crippen molar-refractivity contribution in [1.82, 2.24) is 9.55 Å². The molecule has 1 aromatic heterocycles. The average Bonchev–Trinajstić information content (AvgIpc) is 2.83. The van der Waals surface area contributed by atoms with Crippen LogP contribution in [0.1, 0.15) is 35.5 Å². The van der Waals surface area contributed by atoms with E-state index in [1.807, 2.05) is 16.8 Å². The van der Waals surface area contributed by atoms with Gasteiger partial charge in [-0.05, 0) is 37.5 Å². The largest absolute Gasteiger partial charge is 0.385 e. The van der Waals surface area contributed by atoms with Gasteiger partial charge >= 0.3 is 0 Å². The highest BCUT2D eigenvalue weighted by Crippen LogP contribution is 2.21. The standard InChI is InChI=1S/C15H20N2O/c1-4-17-9-8-16-15(17)14(18)10-13-7-5-6-11(2)12(13)3/h5-9,14,18H,4,10H2,1-3H3. The molecule has 18 heavy (non-hydrogen) atoms. The van der Waals surface area contributed by atoms with Gasteiger partial charge in [0.2, 0.25) is 0 Å². The number of aliphatic hydroxyl groups excluding tert-OH is 1. The second-order valence-electron chi connectivity index (χ2n) is 4.65. The molecule has 96 valence electrons. The molecule has 0 radical (unpaired) electrons. The van der Waals surface area contributed by atoms with E-state index < -0.39 is 6.10 Å². The molecule has 0 spiro atoms. The van der Waals surface area contributed by atoms with Gasteiger partial charge in [0.25, 0.3) is 0 Å². The van der Waals surface area contributed by atoms with Crippen molar-refractivity contribution in [3.05, 3.63) is 53.1 Å². The van der Waals surface area contributed by atoms with Gasteiger partial charge in [0.05, 0.1) is 0 Å². The zero-order valence-electron chi connectivity index (χ0n) is 11.2. The Morgan fingerprint density at radius 3 is 2.83 bits per heavy atom. The van der Waals surface area contributed by atoms with Crippen molar-refractivity contribution in [2.45, 2.75) is 39.8 Å². The molecule has 0 aliphatic carbocycles. The number of aryl methyl sites for hydroxylation is 2. The molecule has 1 atom stereocenters. The third-order valence-electron chi connectivity index (χ3n) is 3.52. The van der Waals surface area contributed by atoms with Crippen LogP contribution < -0.4 is 0 Å². The van der Waals surface area contributed by atoms with Crippen LogP contribution in [-0.4, -0.2) is 14.7 Å². The topological polar surface area (TPSA) is 38.0 Å². The van der Waals surface area contributed by atoms with Crippen molar-refractivity contribution in [3.8, 4) is 0 Å². The fraction of sp³-hybridized carbons (Fsp3) is 0.400. The van der Waals surface area contributed by atoms with E-state index in [0.717, 1.165) is 12.4 Å². The predicted octanol–water partition coefficient (Wildman–Crippen LogP) is 2.80.